The Hall–Kier alpha value is -3.03. The smallest absolute Gasteiger partial charge is 0.133 e. The van der Waals surface area contributed by atoms with Gasteiger partial charge < -0.3 is 15.0 Å². The Morgan fingerprint density at radius 3 is 2.70 bits per heavy atom. The van der Waals surface area contributed by atoms with Crippen LogP contribution in [0.1, 0.15) is 22.9 Å². The van der Waals surface area contributed by atoms with Crippen LogP contribution in [0, 0.1) is 6.92 Å². The van der Waals surface area contributed by atoms with Gasteiger partial charge in [-0.3, -0.25) is 9.88 Å². The van der Waals surface area contributed by atoms with E-state index in [2.05, 4.69) is 36.1 Å². The number of hydrogen-bond donors (Lipinski definition) is 1. The highest BCUT2D eigenvalue weighted by atomic mass is 16.5. The van der Waals surface area contributed by atoms with E-state index in [-0.39, 0.29) is 6.10 Å². The maximum atomic E-state index is 6.02. The van der Waals surface area contributed by atoms with Gasteiger partial charge in [-0.05, 0) is 36.8 Å². The molecule has 1 aliphatic heterocycles. The van der Waals surface area contributed by atoms with Crippen LogP contribution in [0.25, 0.3) is 0 Å². The Bertz CT molecular complexity index is 975. The van der Waals surface area contributed by atoms with E-state index in [1.165, 1.54) is 5.56 Å². The summed E-state index contributed by atoms with van der Waals surface area (Å²) in [5.41, 5.74) is 4.18. The van der Waals surface area contributed by atoms with Gasteiger partial charge in [-0.2, -0.15) is 0 Å². The molecule has 1 atom stereocenters. The number of rotatable bonds is 6. The molecule has 30 heavy (non-hydrogen) atoms. The van der Waals surface area contributed by atoms with Gasteiger partial charge in [0, 0.05) is 51.7 Å². The first-order chi connectivity index (χ1) is 14.6. The third-order valence-electron chi connectivity index (χ3n) is 5.22. The van der Waals surface area contributed by atoms with E-state index in [0.717, 1.165) is 48.2 Å². The van der Waals surface area contributed by atoms with Crippen LogP contribution >= 0.6 is 0 Å². The lowest BCUT2D eigenvalue weighted by Crippen LogP contribution is -2.38. The molecule has 7 heteroatoms. The summed E-state index contributed by atoms with van der Waals surface area (Å²) in [6.07, 6.45) is 5.43. The average molecular weight is 405 g/mol. The van der Waals surface area contributed by atoms with Crippen molar-refractivity contribution in [3.63, 3.8) is 0 Å². The Balaban J connectivity index is 1.42. The molecule has 4 heterocycles. The van der Waals surface area contributed by atoms with Crippen molar-refractivity contribution in [1.82, 2.24) is 19.9 Å². The number of anilines is 3. The SMILES string of the molecule is Cc1cccnc1Nc1ccc([C@H]2CN(Cc3cccnc3N(C)C)CCO2)nc1. The first kappa shape index (κ1) is 20.3. The molecule has 1 saturated heterocycles. The van der Waals surface area contributed by atoms with E-state index in [1.54, 1.807) is 6.20 Å². The number of hydrogen-bond acceptors (Lipinski definition) is 7. The first-order valence-corrected chi connectivity index (χ1v) is 10.2. The first-order valence-electron chi connectivity index (χ1n) is 10.2. The quantitative estimate of drug-likeness (QED) is 0.674. The Morgan fingerprint density at radius 2 is 1.93 bits per heavy atom. The maximum absolute atomic E-state index is 6.02. The summed E-state index contributed by atoms with van der Waals surface area (Å²) >= 11 is 0. The normalized spacial score (nSPS) is 17.0. The van der Waals surface area contributed by atoms with Crippen LogP contribution < -0.4 is 10.2 Å². The van der Waals surface area contributed by atoms with Gasteiger partial charge in [0.05, 0.1) is 24.2 Å². The molecular formula is C23H28N6O. The Morgan fingerprint density at radius 1 is 1.10 bits per heavy atom. The molecule has 0 unspecified atom stereocenters. The molecule has 3 aromatic heterocycles. The molecule has 0 radical (unpaired) electrons. The zero-order chi connectivity index (χ0) is 20.9. The van der Waals surface area contributed by atoms with Gasteiger partial charge in [0.1, 0.15) is 17.7 Å². The van der Waals surface area contributed by atoms with Gasteiger partial charge in [0.2, 0.25) is 0 Å². The number of morpholine rings is 1. The minimum Gasteiger partial charge on any atom is -0.369 e. The molecule has 0 aromatic carbocycles. The summed E-state index contributed by atoms with van der Waals surface area (Å²) in [6.45, 7) is 5.28. The summed E-state index contributed by atoms with van der Waals surface area (Å²) in [5.74, 6) is 1.86. The monoisotopic (exact) mass is 404 g/mol. The molecule has 0 bridgehead atoms. The van der Waals surface area contributed by atoms with Gasteiger partial charge in [-0.1, -0.05) is 12.1 Å². The van der Waals surface area contributed by atoms with Crippen molar-refractivity contribution in [3.8, 4) is 0 Å². The van der Waals surface area contributed by atoms with Crippen LogP contribution in [0.3, 0.4) is 0 Å². The largest absolute Gasteiger partial charge is 0.369 e. The second-order valence-electron chi connectivity index (χ2n) is 7.74. The standard InChI is InChI=1S/C23H28N6O/c1-17-6-4-10-24-22(17)27-19-8-9-20(26-14-19)21-16-29(12-13-30-21)15-18-7-5-11-25-23(18)28(2)3/h4-11,14,21H,12-13,15-16H2,1-3H3,(H,24,27)/t21-/m1/s1. The number of nitrogens with zero attached hydrogens (tertiary/aromatic N) is 5. The van der Waals surface area contributed by atoms with Crippen molar-refractivity contribution in [3.05, 3.63) is 71.8 Å². The summed E-state index contributed by atoms with van der Waals surface area (Å²) < 4.78 is 6.02. The van der Waals surface area contributed by atoms with Crippen LogP contribution in [0.5, 0.6) is 0 Å². The summed E-state index contributed by atoms with van der Waals surface area (Å²) in [7, 11) is 4.06. The predicted molar refractivity (Wildman–Crippen MR) is 119 cm³/mol. The fourth-order valence-electron chi connectivity index (χ4n) is 3.65. The molecular weight excluding hydrogens is 376 g/mol. The third kappa shape index (κ3) is 4.75. The van der Waals surface area contributed by atoms with Crippen molar-refractivity contribution in [2.45, 2.75) is 19.6 Å². The van der Waals surface area contributed by atoms with Gasteiger partial charge in [-0.15, -0.1) is 0 Å². The highest BCUT2D eigenvalue weighted by Gasteiger charge is 2.24. The molecule has 1 N–H and O–H groups in total. The Kier molecular flexibility index (Phi) is 6.21. The minimum atomic E-state index is -0.0381. The number of ether oxygens (including phenoxy) is 1. The van der Waals surface area contributed by atoms with Crippen molar-refractivity contribution < 1.29 is 4.74 Å². The summed E-state index contributed by atoms with van der Waals surface area (Å²) in [5, 5.41) is 3.32. The summed E-state index contributed by atoms with van der Waals surface area (Å²) in [6, 6.07) is 12.2. The number of aromatic nitrogens is 3. The lowest BCUT2D eigenvalue weighted by Gasteiger charge is -2.33. The van der Waals surface area contributed by atoms with E-state index >= 15 is 0 Å². The van der Waals surface area contributed by atoms with Gasteiger partial charge in [-0.25, -0.2) is 9.97 Å². The molecule has 0 saturated carbocycles. The molecule has 0 spiro atoms. The third-order valence-corrected chi connectivity index (χ3v) is 5.22. The number of pyridine rings is 3. The van der Waals surface area contributed by atoms with Crippen LogP contribution in [-0.4, -0.2) is 53.6 Å². The van der Waals surface area contributed by atoms with Gasteiger partial charge >= 0.3 is 0 Å². The maximum Gasteiger partial charge on any atom is 0.133 e. The second-order valence-corrected chi connectivity index (χ2v) is 7.74. The molecule has 1 fully saturated rings. The Labute approximate surface area is 177 Å². The van der Waals surface area contributed by atoms with Crippen LogP contribution in [0.2, 0.25) is 0 Å². The number of nitrogens with one attached hydrogen (secondary N) is 1. The molecule has 0 aliphatic carbocycles. The summed E-state index contributed by atoms with van der Waals surface area (Å²) in [4.78, 5) is 18.0. The second kappa shape index (κ2) is 9.19. The number of aryl methyl sites for hydroxylation is 1. The zero-order valence-electron chi connectivity index (χ0n) is 17.7. The lowest BCUT2D eigenvalue weighted by molar-refractivity contribution is -0.0349. The van der Waals surface area contributed by atoms with Crippen LogP contribution in [0.4, 0.5) is 17.3 Å². The van der Waals surface area contributed by atoms with Crippen molar-refractivity contribution in [1.29, 1.82) is 0 Å². The zero-order valence-corrected chi connectivity index (χ0v) is 17.7. The van der Waals surface area contributed by atoms with Gasteiger partial charge in [0.25, 0.3) is 0 Å². The molecule has 0 amide bonds. The highest BCUT2D eigenvalue weighted by molar-refractivity contribution is 5.57. The average Bonchev–Trinajstić information content (AvgIpc) is 2.76. The molecule has 4 rings (SSSR count). The molecule has 7 nitrogen and oxygen atoms in total. The highest BCUT2D eigenvalue weighted by Crippen LogP contribution is 2.25. The van der Waals surface area contributed by atoms with E-state index in [1.807, 2.05) is 63.7 Å². The molecule has 3 aromatic rings. The molecule has 1 aliphatic rings. The minimum absolute atomic E-state index is 0.0381. The van der Waals surface area contributed by atoms with Crippen molar-refractivity contribution >= 4 is 17.3 Å². The van der Waals surface area contributed by atoms with E-state index < -0.39 is 0 Å². The van der Waals surface area contributed by atoms with Crippen molar-refractivity contribution in [2.24, 2.45) is 0 Å². The predicted octanol–water partition coefficient (Wildman–Crippen LogP) is 3.56. The van der Waals surface area contributed by atoms with Crippen LogP contribution in [-0.2, 0) is 11.3 Å². The van der Waals surface area contributed by atoms with E-state index in [9.17, 15) is 0 Å². The topological polar surface area (TPSA) is 66.4 Å². The van der Waals surface area contributed by atoms with Crippen molar-refractivity contribution in [2.75, 3.05) is 44.0 Å². The lowest BCUT2D eigenvalue weighted by atomic mass is 10.1. The molecule has 156 valence electrons. The van der Waals surface area contributed by atoms with Crippen LogP contribution in [0.15, 0.2) is 55.0 Å². The fourth-order valence-corrected chi connectivity index (χ4v) is 3.65. The van der Waals surface area contributed by atoms with Gasteiger partial charge in [0.15, 0.2) is 0 Å². The van der Waals surface area contributed by atoms with E-state index in [0.29, 0.717) is 6.61 Å². The fraction of sp³-hybridized carbons (Fsp3) is 0.348. The van der Waals surface area contributed by atoms with E-state index in [4.69, 9.17) is 4.74 Å².